The number of hydrogen-bond donors (Lipinski definition) is 1. The molecule has 1 N–H and O–H groups in total. The predicted octanol–water partition coefficient (Wildman–Crippen LogP) is 1.44. The molecule has 2 aliphatic rings. The largest absolute Gasteiger partial charge is 0.314 e. The van der Waals surface area contributed by atoms with Gasteiger partial charge in [0.15, 0.2) is 0 Å². The zero-order valence-electron chi connectivity index (χ0n) is 11.6. The van der Waals surface area contributed by atoms with E-state index in [1.165, 1.54) is 12.8 Å². The van der Waals surface area contributed by atoms with E-state index < -0.39 is 10.0 Å². The van der Waals surface area contributed by atoms with Gasteiger partial charge in [-0.2, -0.15) is 0 Å². The van der Waals surface area contributed by atoms with Crippen molar-refractivity contribution in [3.05, 3.63) is 0 Å². The third-order valence-corrected chi connectivity index (χ3v) is 6.08. The monoisotopic (exact) mass is 274 g/mol. The first-order chi connectivity index (χ1) is 8.49. The number of hydrogen-bond acceptors (Lipinski definition) is 3. The SMILES string of the molecule is CC1CN(S(=O)(=O)CCCCNC2CC2)CC1C. The van der Waals surface area contributed by atoms with Gasteiger partial charge in [-0.25, -0.2) is 12.7 Å². The molecule has 0 amide bonds. The minimum absolute atomic E-state index is 0.318. The standard InChI is InChI=1S/C13H26N2O2S/c1-11-9-15(10-12(11)2)18(16,17)8-4-3-7-14-13-5-6-13/h11-14H,3-10H2,1-2H3. The van der Waals surface area contributed by atoms with Crippen LogP contribution in [0.3, 0.4) is 0 Å². The van der Waals surface area contributed by atoms with Gasteiger partial charge in [0.05, 0.1) is 5.75 Å². The first kappa shape index (κ1) is 14.3. The Labute approximate surface area is 111 Å². The molecule has 0 bridgehead atoms. The van der Waals surface area contributed by atoms with Crippen molar-refractivity contribution in [2.24, 2.45) is 11.8 Å². The summed E-state index contributed by atoms with van der Waals surface area (Å²) in [6, 6.07) is 0.724. The number of nitrogens with one attached hydrogen (secondary N) is 1. The maximum atomic E-state index is 12.1. The Morgan fingerprint density at radius 3 is 2.28 bits per heavy atom. The van der Waals surface area contributed by atoms with Gasteiger partial charge >= 0.3 is 0 Å². The first-order valence-corrected chi connectivity index (χ1v) is 8.81. The van der Waals surface area contributed by atoms with Crippen molar-refractivity contribution in [1.29, 1.82) is 0 Å². The number of rotatable bonds is 7. The van der Waals surface area contributed by atoms with E-state index in [9.17, 15) is 8.42 Å². The second-order valence-corrected chi connectivity index (χ2v) is 8.11. The van der Waals surface area contributed by atoms with Crippen LogP contribution in [0.2, 0.25) is 0 Å². The fourth-order valence-electron chi connectivity index (χ4n) is 2.44. The van der Waals surface area contributed by atoms with Crippen LogP contribution in [0.4, 0.5) is 0 Å². The van der Waals surface area contributed by atoms with E-state index >= 15 is 0 Å². The van der Waals surface area contributed by atoms with E-state index in [2.05, 4.69) is 19.2 Å². The molecule has 1 aliphatic heterocycles. The van der Waals surface area contributed by atoms with E-state index in [0.29, 0.717) is 30.7 Å². The molecule has 2 atom stereocenters. The average molecular weight is 274 g/mol. The number of nitrogens with zero attached hydrogens (tertiary/aromatic N) is 1. The van der Waals surface area contributed by atoms with Gasteiger partial charge in [0, 0.05) is 19.1 Å². The van der Waals surface area contributed by atoms with E-state index in [1.54, 1.807) is 4.31 Å². The molecule has 0 aromatic rings. The van der Waals surface area contributed by atoms with Gasteiger partial charge in [-0.15, -0.1) is 0 Å². The van der Waals surface area contributed by atoms with Crippen LogP contribution in [0.5, 0.6) is 0 Å². The van der Waals surface area contributed by atoms with E-state index in [4.69, 9.17) is 0 Å². The lowest BCUT2D eigenvalue weighted by Gasteiger charge is -2.16. The summed E-state index contributed by atoms with van der Waals surface area (Å²) >= 11 is 0. The maximum Gasteiger partial charge on any atom is 0.214 e. The molecule has 0 spiro atoms. The van der Waals surface area contributed by atoms with Crippen LogP contribution >= 0.6 is 0 Å². The van der Waals surface area contributed by atoms with Crippen LogP contribution in [0.1, 0.15) is 39.5 Å². The molecule has 18 heavy (non-hydrogen) atoms. The minimum atomic E-state index is -3.01. The highest BCUT2D eigenvalue weighted by atomic mass is 32.2. The van der Waals surface area contributed by atoms with Gasteiger partial charge in [-0.05, 0) is 44.1 Å². The van der Waals surface area contributed by atoms with Crippen LogP contribution in [-0.2, 0) is 10.0 Å². The predicted molar refractivity (Wildman–Crippen MR) is 73.9 cm³/mol. The zero-order valence-corrected chi connectivity index (χ0v) is 12.4. The van der Waals surface area contributed by atoms with Crippen molar-refractivity contribution < 1.29 is 8.42 Å². The number of sulfonamides is 1. The summed E-state index contributed by atoms with van der Waals surface area (Å²) in [4.78, 5) is 0. The fourth-order valence-corrected chi connectivity index (χ4v) is 4.19. The molecule has 0 aromatic heterocycles. The van der Waals surface area contributed by atoms with E-state index in [-0.39, 0.29) is 0 Å². The Morgan fingerprint density at radius 1 is 1.11 bits per heavy atom. The molecule has 106 valence electrons. The second kappa shape index (κ2) is 5.88. The van der Waals surface area contributed by atoms with Crippen molar-refractivity contribution >= 4 is 10.0 Å². The van der Waals surface area contributed by atoms with Crippen LogP contribution in [0, 0.1) is 11.8 Å². The lowest BCUT2D eigenvalue weighted by molar-refractivity contribution is 0.460. The second-order valence-electron chi connectivity index (χ2n) is 6.02. The fraction of sp³-hybridized carbons (Fsp3) is 1.00. The highest BCUT2D eigenvalue weighted by Crippen LogP contribution is 2.25. The molecule has 0 aromatic carbocycles. The van der Waals surface area contributed by atoms with Crippen molar-refractivity contribution in [3.63, 3.8) is 0 Å². The van der Waals surface area contributed by atoms with Crippen LogP contribution in [0.25, 0.3) is 0 Å². The smallest absolute Gasteiger partial charge is 0.214 e. The Hall–Kier alpha value is -0.130. The summed E-state index contributed by atoms with van der Waals surface area (Å²) < 4.78 is 26.0. The average Bonchev–Trinajstić information content (AvgIpc) is 3.05. The topological polar surface area (TPSA) is 49.4 Å². The molecule has 2 fully saturated rings. The van der Waals surface area contributed by atoms with Gasteiger partial charge in [0.25, 0.3) is 0 Å². The minimum Gasteiger partial charge on any atom is -0.314 e. The molecular formula is C13H26N2O2S. The summed E-state index contributed by atoms with van der Waals surface area (Å²) in [7, 11) is -3.01. The summed E-state index contributed by atoms with van der Waals surface area (Å²) in [6.07, 6.45) is 4.33. The molecule has 1 aliphatic carbocycles. The summed E-state index contributed by atoms with van der Waals surface area (Å²) in [5.41, 5.74) is 0. The summed E-state index contributed by atoms with van der Waals surface area (Å²) in [5, 5.41) is 3.42. The molecule has 4 nitrogen and oxygen atoms in total. The van der Waals surface area contributed by atoms with Gasteiger partial charge in [0.1, 0.15) is 0 Å². The molecule has 0 radical (unpaired) electrons. The van der Waals surface area contributed by atoms with Crippen molar-refractivity contribution in [3.8, 4) is 0 Å². The molecule has 1 saturated heterocycles. The van der Waals surface area contributed by atoms with Crippen LogP contribution in [0.15, 0.2) is 0 Å². The molecule has 5 heteroatoms. The van der Waals surface area contributed by atoms with Gasteiger partial charge in [-0.1, -0.05) is 13.8 Å². The van der Waals surface area contributed by atoms with E-state index in [1.807, 2.05) is 0 Å². The maximum absolute atomic E-state index is 12.1. The zero-order chi connectivity index (χ0) is 13.2. The molecular weight excluding hydrogens is 248 g/mol. The highest BCUT2D eigenvalue weighted by Gasteiger charge is 2.33. The van der Waals surface area contributed by atoms with Crippen LogP contribution < -0.4 is 5.32 Å². The molecule has 2 unspecified atom stereocenters. The Kier molecular flexibility index (Phi) is 4.67. The molecule has 1 saturated carbocycles. The normalized spacial score (nSPS) is 29.9. The van der Waals surface area contributed by atoms with Crippen molar-refractivity contribution in [2.45, 2.75) is 45.6 Å². The van der Waals surface area contributed by atoms with Gasteiger partial charge in [-0.3, -0.25) is 0 Å². The molecule has 2 rings (SSSR count). The Bertz CT molecular complexity index is 355. The van der Waals surface area contributed by atoms with Crippen LogP contribution in [-0.4, -0.2) is 44.2 Å². The quantitative estimate of drug-likeness (QED) is 0.715. The van der Waals surface area contributed by atoms with Crippen molar-refractivity contribution in [1.82, 2.24) is 9.62 Å². The van der Waals surface area contributed by atoms with Gasteiger partial charge < -0.3 is 5.32 Å². The summed E-state index contributed by atoms with van der Waals surface area (Å²) in [6.45, 7) is 6.67. The van der Waals surface area contributed by atoms with E-state index in [0.717, 1.165) is 25.4 Å². The lowest BCUT2D eigenvalue weighted by atomic mass is 10.0. The van der Waals surface area contributed by atoms with Gasteiger partial charge in [0.2, 0.25) is 10.0 Å². The summed E-state index contributed by atoms with van der Waals surface area (Å²) in [5.74, 6) is 1.31. The van der Waals surface area contributed by atoms with Crippen molar-refractivity contribution in [2.75, 3.05) is 25.4 Å². The highest BCUT2D eigenvalue weighted by molar-refractivity contribution is 7.89. The Balaban J connectivity index is 1.66. The Morgan fingerprint density at radius 2 is 1.72 bits per heavy atom. The first-order valence-electron chi connectivity index (χ1n) is 7.20. The lowest BCUT2D eigenvalue weighted by Crippen LogP contribution is -2.31. The third kappa shape index (κ3) is 3.93. The number of unbranched alkanes of at least 4 members (excludes halogenated alkanes) is 1. The third-order valence-electron chi connectivity index (χ3n) is 4.19. The molecule has 1 heterocycles.